The van der Waals surface area contributed by atoms with Crippen LogP contribution in [0.25, 0.3) is 10.4 Å². The van der Waals surface area contributed by atoms with Crippen LogP contribution in [0.2, 0.25) is 0 Å². The molecule has 3 heterocycles. The largest absolute Gasteiger partial charge is 0.463 e. The molecule has 0 aromatic rings. The van der Waals surface area contributed by atoms with E-state index in [1.807, 2.05) is 0 Å². The molecule has 0 saturated carbocycles. The number of aliphatic hydroxyl groups excluding tert-OH is 1. The van der Waals surface area contributed by atoms with Gasteiger partial charge in [0.15, 0.2) is 17.7 Å². The Kier molecular flexibility index (Phi) is 15.6. The average Bonchev–Trinajstić information content (AvgIpc) is 3.39. The molecule has 3 aliphatic heterocycles. The van der Waals surface area contributed by atoms with E-state index in [2.05, 4.69) is 10.0 Å². The summed E-state index contributed by atoms with van der Waals surface area (Å²) >= 11 is 0. The summed E-state index contributed by atoms with van der Waals surface area (Å²) in [6.45, 7) is 11.6. The number of amides is 1. The quantitative estimate of drug-likeness (QED) is 0.0566. The van der Waals surface area contributed by atoms with E-state index in [0.717, 1.165) is 6.92 Å². The predicted molar refractivity (Wildman–Crippen MR) is 194 cm³/mol. The number of nitrogens with zero attached hydrogens (tertiary/aromatic N) is 5. The molecule has 3 rings (SSSR count). The van der Waals surface area contributed by atoms with Gasteiger partial charge in [0.25, 0.3) is 5.67 Å². The minimum Gasteiger partial charge on any atom is -0.463 e. The van der Waals surface area contributed by atoms with Gasteiger partial charge in [-0.2, -0.15) is 0 Å². The van der Waals surface area contributed by atoms with Crippen molar-refractivity contribution < 1.29 is 61.9 Å². The number of aliphatic hydroxyl groups is 1. The number of ether oxygens (including phenoxy) is 6. The first kappa shape index (κ1) is 46.0. The number of hydrogen-bond donors (Lipinski definition) is 1. The van der Waals surface area contributed by atoms with E-state index in [1.165, 1.54) is 32.8 Å². The molecular weight excluding hydrogens is 725 g/mol. The number of Topliss-reactive ketones (excluding diaryl/α,β-unsaturated/α-hetero) is 2. The number of carbonyl (C=O) groups excluding carboxylic acids is 5. The van der Waals surface area contributed by atoms with Crippen molar-refractivity contribution in [1.29, 1.82) is 0 Å². The van der Waals surface area contributed by atoms with Crippen LogP contribution >= 0.6 is 0 Å². The van der Waals surface area contributed by atoms with Crippen molar-refractivity contribution in [1.82, 2.24) is 9.80 Å². The number of cyclic esters (lactones) is 1. The Bertz CT molecular complexity index is 1460. The van der Waals surface area contributed by atoms with Crippen molar-refractivity contribution in [3.8, 4) is 0 Å². The zero-order valence-corrected chi connectivity index (χ0v) is 34.0. The number of azide groups is 1. The number of methoxy groups -OCH3 is 1. The number of rotatable bonds is 12. The standard InChI is InChI=1S/C37H60FN5O12/c1-12-26-37(8)29(43(34(49)55-37)16-14-13-15-40-41-39)21(3)27(45)20(2)18-35(6,50-11)31(22(4)30(47)36(7,38)33(48)53-26)54-32-28(46)25(42(9)10)17-24(52-32)19-51-23(5)44/h20-22,24-26,28-29,31-32,46H,12-19H2,1-11H3/t20-,21+,22+,24?,25?,26?,28?,29-,31-,32?,35+,36+,37-/m1/s1. The smallest absolute Gasteiger partial charge is 0.410 e. The molecule has 5 unspecified atom stereocenters. The van der Waals surface area contributed by atoms with E-state index in [1.54, 1.807) is 46.7 Å². The van der Waals surface area contributed by atoms with E-state index in [0.29, 0.717) is 12.8 Å². The van der Waals surface area contributed by atoms with Gasteiger partial charge in [0.05, 0.1) is 23.9 Å². The van der Waals surface area contributed by atoms with Crippen molar-refractivity contribution in [2.45, 2.75) is 147 Å². The van der Waals surface area contributed by atoms with Gasteiger partial charge in [0.1, 0.15) is 24.6 Å². The van der Waals surface area contributed by atoms with Crippen LogP contribution in [0.4, 0.5) is 9.18 Å². The fourth-order valence-electron chi connectivity index (χ4n) is 8.43. The Morgan fingerprint density at radius 3 is 2.35 bits per heavy atom. The van der Waals surface area contributed by atoms with Gasteiger partial charge in [-0.25, -0.2) is 14.0 Å². The van der Waals surface area contributed by atoms with Crippen molar-refractivity contribution in [2.75, 3.05) is 40.9 Å². The molecule has 1 amide bonds. The number of esters is 2. The number of unbranched alkanes of at least 4 members (excludes halogenated alkanes) is 1. The Labute approximate surface area is 322 Å². The number of fused-ring (bicyclic) bond motifs is 1. The highest BCUT2D eigenvalue weighted by Crippen LogP contribution is 2.43. The minimum absolute atomic E-state index is 0.0406. The molecule has 0 aromatic heterocycles. The molecule has 1 N–H and O–H groups in total. The molecule has 3 aliphatic rings. The fraction of sp³-hybridized carbons (Fsp3) is 0.865. The lowest BCUT2D eigenvalue weighted by Crippen LogP contribution is -2.62. The number of alkyl halides is 1. The van der Waals surface area contributed by atoms with E-state index in [9.17, 15) is 29.1 Å². The van der Waals surface area contributed by atoms with Crippen molar-refractivity contribution >= 4 is 29.6 Å². The maximum Gasteiger partial charge on any atom is 0.410 e. The summed E-state index contributed by atoms with van der Waals surface area (Å²) < 4.78 is 52.3. The normalized spacial score (nSPS) is 39.1. The molecular formula is C37H60FN5O12. The van der Waals surface area contributed by atoms with Crippen LogP contribution in [0, 0.1) is 17.8 Å². The maximum absolute atomic E-state index is 16.8. The van der Waals surface area contributed by atoms with Gasteiger partial charge in [-0.3, -0.25) is 14.4 Å². The van der Waals surface area contributed by atoms with Crippen LogP contribution < -0.4 is 0 Å². The number of halogens is 1. The highest BCUT2D eigenvalue weighted by molar-refractivity contribution is 6.08. The molecule has 3 fully saturated rings. The molecule has 55 heavy (non-hydrogen) atoms. The third-order valence-electron chi connectivity index (χ3n) is 11.5. The molecule has 0 aliphatic carbocycles. The summed E-state index contributed by atoms with van der Waals surface area (Å²) in [7, 11) is 4.82. The second-order valence-electron chi connectivity index (χ2n) is 15.9. The predicted octanol–water partition coefficient (Wildman–Crippen LogP) is 3.92. The Balaban J connectivity index is 2.15. The van der Waals surface area contributed by atoms with E-state index >= 15 is 4.39 Å². The molecule has 312 valence electrons. The Morgan fingerprint density at radius 1 is 1.13 bits per heavy atom. The number of hydrogen-bond acceptors (Lipinski definition) is 14. The van der Waals surface area contributed by atoms with Gasteiger partial charge >= 0.3 is 18.0 Å². The Hall–Kier alpha value is -3.41. The van der Waals surface area contributed by atoms with Gasteiger partial charge < -0.3 is 43.3 Å². The molecule has 17 nitrogen and oxygen atoms in total. The van der Waals surface area contributed by atoms with Gasteiger partial charge in [0.2, 0.25) is 0 Å². The zero-order valence-electron chi connectivity index (χ0n) is 34.0. The third-order valence-corrected chi connectivity index (χ3v) is 11.5. The maximum atomic E-state index is 16.8. The second-order valence-corrected chi connectivity index (χ2v) is 15.9. The minimum atomic E-state index is -3.24. The third kappa shape index (κ3) is 9.95. The highest BCUT2D eigenvalue weighted by atomic mass is 19.1. The van der Waals surface area contributed by atoms with Crippen molar-refractivity contribution in [3.05, 3.63) is 10.4 Å². The van der Waals surface area contributed by atoms with Gasteiger partial charge in [-0.05, 0) is 72.5 Å². The lowest BCUT2D eigenvalue weighted by Gasteiger charge is -2.47. The van der Waals surface area contributed by atoms with Gasteiger partial charge in [0, 0.05) is 55.8 Å². The highest BCUT2D eigenvalue weighted by Gasteiger charge is 2.61. The van der Waals surface area contributed by atoms with Crippen molar-refractivity contribution in [2.24, 2.45) is 22.9 Å². The van der Waals surface area contributed by atoms with Crippen LogP contribution in [0.3, 0.4) is 0 Å². The summed E-state index contributed by atoms with van der Waals surface area (Å²) in [5, 5.41) is 15.0. The molecule has 0 spiro atoms. The SMILES string of the molecule is CCC1OC(=O)[C@@](C)(F)C(=O)[C@H](C)[C@@H](OC2OC(COC(C)=O)CC(N(C)C)C2O)[C@@](C)(OC)C[C@@H](C)C(=O)[C@H](C)[C@H]2N(CCCCN=[N+]=[N-])C(=O)O[C@]12C. The monoisotopic (exact) mass is 785 g/mol. The average molecular weight is 786 g/mol. The summed E-state index contributed by atoms with van der Waals surface area (Å²) in [4.78, 5) is 73.6. The first-order valence-electron chi connectivity index (χ1n) is 18.9. The van der Waals surface area contributed by atoms with Crippen LogP contribution in [0.5, 0.6) is 0 Å². The van der Waals surface area contributed by atoms with E-state index in [-0.39, 0.29) is 44.7 Å². The molecule has 13 atom stereocenters. The van der Waals surface area contributed by atoms with Crippen molar-refractivity contribution in [3.63, 3.8) is 0 Å². The first-order valence-corrected chi connectivity index (χ1v) is 18.9. The van der Waals surface area contributed by atoms with Gasteiger partial charge in [-0.1, -0.05) is 32.8 Å². The van der Waals surface area contributed by atoms with Gasteiger partial charge in [-0.15, -0.1) is 0 Å². The molecule has 0 radical (unpaired) electrons. The van der Waals surface area contributed by atoms with E-state index < -0.39 is 101 Å². The van der Waals surface area contributed by atoms with Crippen LogP contribution in [-0.4, -0.2) is 145 Å². The lowest BCUT2D eigenvalue weighted by atomic mass is 9.73. The number of carbonyl (C=O) groups is 5. The Morgan fingerprint density at radius 2 is 1.78 bits per heavy atom. The van der Waals surface area contributed by atoms with Crippen LogP contribution in [0.1, 0.15) is 87.5 Å². The summed E-state index contributed by atoms with van der Waals surface area (Å²) in [5.41, 5.74) is 2.24. The van der Waals surface area contributed by atoms with Crippen LogP contribution in [-0.2, 0) is 47.6 Å². The second kappa shape index (κ2) is 18.7. The first-order chi connectivity index (χ1) is 25.6. The molecule has 3 saturated heterocycles. The van der Waals surface area contributed by atoms with E-state index in [4.69, 9.17) is 34.0 Å². The van der Waals surface area contributed by atoms with Crippen LogP contribution in [0.15, 0.2) is 5.11 Å². The number of ketones is 2. The fourth-order valence-corrected chi connectivity index (χ4v) is 8.43. The molecule has 0 bridgehead atoms. The lowest BCUT2D eigenvalue weighted by molar-refractivity contribution is -0.301. The zero-order chi connectivity index (χ0) is 41.6. The summed E-state index contributed by atoms with van der Waals surface area (Å²) in [6, 6.07) is -1.54. The number of likely N-dealkylation sites (N-methyl/N-ethyl adjacent to an activating group) is 1. The molecule has 18 heteroatoms. The summed E-state index contributed by atoms with van der Waals surface area (Å²) in [6.07, 6.45) is -5.89. The molecule has 0 aromatic carbocycles. The topological polar surface area (TPSA) is 216 Å². The summed E-state index contributed by atoms with van der Waals surface area (Å²) in [5.74, 6) is -6.76.